The Kier molecular flexibility index (Phi) is 11.3. The van der Waals surface area contributed by atoms with Crippen molar-refractivity contribution in [1.29, 1.82) is 0 Å². The normalized spacial score (nSPS) is 17.9. The Hall–Kier alpha value is -6.04. The number of likely N-dealkylation sites (tertiary alicyclic amines) is 2. The minimum Gasteiger partial charge on any atom is -0.496 e. The van der Waals surface area contributed by atoms with Crippen molar-refractivity contribution in [3.05, 3.63) is 138 Å². The Labute approximate surface area is 340 Å². The molecule has 11 heteroatoms. The minimum absolute atomic E-state index is 0.0821. The Morgan fingerprint density at radius 2 is 1.24 bits per heavy atom. The standard InChI is InChI=1S/C47H52N8O3/c1-52(2)42(33-14-8-6-9-15-33)46(56)54-26-12-18-39(54)44-48-29-37(50-44)32-22-20-31(21-23-32)35-24-25-41(58-5)36(28-35)38-30-49-45(51-38)40-19-13-27-55(40)47(57)43(53(3)4)34-16-10-7-11-17-34/h6-11,14-17,20-25,28-30,39-40,42-43H,12-13,18-19,26-27H2,1-5H3,(H,48,50)(H,49,51)/t39-,40-,42+,43?/m0/s1. The van der Waals surface area contributed by atoms with Gasteiger partial charge in [0, 0.05) is 24.8 Å². The number of rotatable bonds is 12. The average Bonchev–Trinajstić information content (AvgIpc) is 4.08. The topological polar surface area (TPSA) is 114 Å². The van der Waals surface area contributed by atoms with Crippen molar-refractivity contribution in [3.8, 4) is 39.4 Å². The third-order valence-corrected chi connectivity index (χ3v) is 11.6. The third-order valence-electron chi connectivity index (χ3n) is 11.6. The van der Waals surface area contributed by atoms with Gasteiger partial charge in [-0.3, -0.25) is 19.4 Å². The Morgan fingerprint density at radius 1 is 0.707 bits per heavy atom. The van der Waals surface area contributed by atoms with E-state index < -0.39 is 0 Å². The van der Waals surface area contributed by atoms with E-state index in [9.17, 15) is 9.59 Å². The number of amides is 2. The van der Waals surface area contributed by atoms with Crippen molar-refractivity contribution in [2.24, 2.45) is 0 Å². The number of nitrogens with one attached hydrogen (secondary N) is 2. The van der Waals surface area contributed by atoms with Crippen LogP contribution in [0.25, 0.3) is 33.6 Å². The van der Waals surface area contributed by atoms with Crippen molar-refractivity contribution in [3.63, 3.8) is 0 Å². The van der Waals surface area contributed by atoms with Gasteiger partial charge in [-0.25, -0.2) is 9.97 Å². The number of likely N-dealkylation sites (N-methyl/N-ethyl adjacent to an activating group) is 2. The molecule has 2 aliphatic rings. The fourth-order valence-electron chi connectivity index (χ4n) is 8.77. The number of imidazole rings is 2. The molecular formula is C47H52N8O3. The van der Waals surface area contributed by atoms with Crippen LogP contribution in [-0.2, 0) is 9.59 Å². The highest BCUT2D eigenvalue weighted by atomic mass is 16.5. The smallest absolute Gasteiger partial charge is 0.245 e. The van der Waals surface area contributed by atoms with Crippen LogP contribution in [-0.4, -0.2) is 99.7 Å². The largest absolute Gasteiger partial charge is 0.496 e. The lowest BCUT2D eigenvalue weighted by atomic mass is 9.99. The summed E-state index contributed by atoms with van der Waals surface area (Å²) < 4.78 is 5.82. The number of benzene rings is 4. The first-order valence-corrected chi connectivity index (χ1v) is 20.1. The lowest BCUT2D eigenvalue weighted by molar-refractivity contribution is -0.138. The maximum absolute atomic E-state index is 14.1. The number of aromatic nitrogens is 4. The summed E-state index contributed by atoms with van der Waals surface area (Å²) in [5.41, 5.74) is 7.61. The van der Waals surface area contributed by atoms with E-state index >= 15 is 0 Å². The zero-order valence-electron chi connectivity index (χ0n) is 33.9. The lowest BCUT2D eigenvalue weighted by Gasteiger charge is -2.31. The average molecular weight is 777 g/mol. The summed E-state index contributed by atoms with van der Waals surface area (Å²) in [6, 6.07) is 33.5. The molecule has 4 atom stereocenters. The van der Waals surface area contributed by atoms with Gasteiger partial charge < -0.3 is 24.5 Å². The Balaban J connectivity index is 0.991. The molecule has 4 heterocycles. The van der Waals surface area contributed by atoms with Gasteiger partial charge in [-0.15, -0.1) is 0 Å². The summed E-state index contributed by atoms with van der Waals surface area (Å²) in [6.07, 6.45) is 7.35. The van der Waals surface area contributed by atoms with Gasteiger partial charge in [0.05, 0.1) is 36.8 Å². The molecule has 2 fully saturated rings. The van der Waals surface area contributed by atoms with Gasteiger partial charge in [-0.05, 0) is 93.8 Å². The van der Waals surface area contributed by atoms with Crippen LogP contribution in [0, 0.1) is 0 Å². The number of methoxy groups -OCH3 is 1. The second kappa shape index (κ2) is 16.8. The fourth-order valence-corrected chi connectivity index (χ4v) is 8.77. The molecule has 11 nitrogen and oxygen atoms in total. The first-order valence-electron chi connectivity index (χ1n) is 20.1. The first kappa shape index (κ1) is 38.8. The molecule has 0 bridgehead atoms. The molecule has 2 saturated heterocycles. The van der Waals surface area contributed by atoms with E-state index in [1.165, 1.54) is 0 Å². The molecule has 6 aromatic rings. The summed E-state index contributed by atoms with van der Waals surface area (Å²) in [5, 5.41) is 0. The Morgan fingerprint density at radius 3 is 1.79 bits per heavy atom. The van der Waals surface area contributed by atoms with Gasteiger partial charge in [0.25, 0.3) is 0 Å². The second-order valence-corrected chi connectivity index (χ2v) is 15.8. The zero-order valence-corrected chi connectivity index (χ0v) is 33.9. The van der Waals surface area contributed by atoms with E-state index in [4.69, 9.17) is 14.7 Å². The maximum Gasteiger partial charge on any atom is 0.245 e. The van der Waals surface area contributed by atoms with Crippen molar-refractivity contribution in [2.45, 2.75) is 49.9 Å². The van der Waals surface area contributed by atoms with Gasteiger partial charge in [-0.2, -0.15) is 0 Å². The van der Waals surface area contributed by atoms with E-state index in [0.717, 1.165) is 87.9 Å². The van der Waals surface area contributed by atoms with Crippen LogP contribution < -0.4 is 4.74 Å². The third kappa shape index (κ3) is 7.67. The molecule has 0 radical (unpaired) electrons. The molecule has 2 N–H and O–H groups in total. The zero-order chi connectivity index (χ0) is 40.3. The Bertz CT molecular complexity index is 2340. The quantitative estimate of drug-likeness (QED) is 0.129. The number of aromatic amines is 2. The van der Waals surface area contributed by atoms with E-state index in [1.807, 2.05) is 127 Å². The number of hydrogen-bond acceptors (Lipinski definition) is 7. The number of carbonyl (C=O) groups is 2. The SMILES string of the molecule is COc1ccc(-c2ccc(-c3cnc([C@@H]4CCCN4C(=O)[C@@H](c4ccccc4)N(C)C)[nH]3)cc2)cc1-c1c[nH]c([C@@H]2CCCN2C(=O)C(c2ccccc2)N(C)C)n1. The molecule has 4 aromatic carbocycles. The van der Waals surface area contributed by atoms with Crippen molar-refractivity contribution < 1.29 is 14.3 Å². The predicted octanol–water partition coefficient (Wildman–Crippen LogP) is 8.08. The molecule has 8 rings (SSSR count). The summed E-state index contributed by atoms with van der Waals surface area (Å²) in [4.78, 5) is 52.8. The first-order chi connectivity index (χ1) is 28.2. The molecule has 0 saturated carbocycles. The molecule has 1 unspecified atom stereocenters. The van der Waals surface area contributed by atoms with Crippen LogP contribution in [0.3, 0.4) is 0 Å². The fraction of sp³-hybridized carbons (Fsp3) is 0.319. The summed E-state index contributed by atoms with van der Waals surface area (Å²) in [5.74, 6) is 2.49. The van der Waals surface area contributed by atoms with Crippen LogP contribution in [0.5, 0.6) is 5.75 Å². The number of hydrogen-bond donors (Lipinski definition) is 2. The lowest BCUT2D eigenvalue weighted by Crippen LogP contribution is -2.40. The van der Waals surface area contributed by atoms with Crippen molar-refractivity contribution in [2.75, 3.05) is 48.4 Å². The maximum atomic E-state index is 14.1. The monoisotopic (exact) mass is 776 g/mol. The van der Waals surface area contributed by atoms with Crippen molar-refractivity contribution >= 4 is 11.8 Å². The predicted molar refractivity (Wildman–Crippen MR) is 227 cm³/mol. The number of H-pyrrole nitrogens is 2. The van der Waals surface area contributed by atoms with E-state index in [0.29, 0.717) is 13.1 Å². The summed E-state index contributed by atoms with van der Waals surface area (Å²) >= 11 is 0. The van der Waals surface area contributed by atoms with Crippen LogP contribution in [0.1, 0.15) is 72.6 Å². The van der Waals surface area contributed by atoms with Crippen LogP contribution >= 0.6 is 0 Å². The number of carbonyl (C=O) groups excluding carboxylic acids is 2. The molecule has 58 heavy (non-hydrogen) atoms. The molecule has 0 aliphatic carbocycles. The van der Waals surface area contributed by atoms with Crippen molar-refractivity contribution in [1.82, 2.24) is 39.5 Å². The molecule has 2 aromatic heterocycles. The minimum atomic E-state index is -0.371. The second-order valence-electron chi connectivity index (χ2n) is 15.8. The van der Waals surface area contributed by atoms with Gasteiger partial charge in [0.15, 0.2) is 0 Å². The molecule has 2 aliphatic heterocycles. The summed E-state index contributed by atoms with van der Waals surface area (Å²) in [6.45, 7) is 1.40. The molecule has 2 amide bonds. The van der Waals surface area contributed by atoms with E-state index in [2.05, 4.69) is 46.4 Å². The van der Waals surface area contributed by atoms with Gasteiger partial charge >= 0.3 is 0 Å². The highest BCUT2D eigenvalue weighted by molar-refractivity contribution is 5.85. The number of nitrogens with zero attached hydrogens (tertiary/aromatic N) is 6. The van der Waals surface area contributed by atoms with Crippen LogP contribution in [0.4, 0.5) is 0 Å². The summed E-state index contributed by atoms with van der Waals surface area (Å²) in [7, 11) is 9.49. The van der Waals surface area contributed by atoms with Gasteiger partial charge in [0.2, 0.25) is 11.8 Å². The highest BCUT2D eigenvalue weighted by Crippen LogP contribution is 2.39. The highest BCUT2D eigenvalue weighted by Gasteiger charge is 2.38. The molecule has 0 spiro atoms. The van der Waals surface area contributed by atoms with Crippen LogP contribution in [0.2, 0.25) is 0 Å². The van der Waals surface area contributed by atoms with Gasteiger partial charge in [-0.1, -0.05) is 91.0 Å². The number of ether oxygens (including phenoxy) is 1. The van der Waals surface area contributed by atoms with Gasteiger partial charge in [0.1, 0.15) is 29.5 Å². The molecule has 298 valence electrons. The van der Waals surface area contributed by atoms with E-state index in [-0.39, 0.29) is 36.0 Å². The van der Waals surface area contributed by atoms with E-state index in [1.54, 1.807) is 7.11 Å². The molecular weight excluding hydrogens is 725 g/mol. The van der Waals surface area contributed by atoms with Crippen LogP contribution in [0.15, 0.2) is 116 Å².